The normalized spacial score (nSPS) is 15.5. The number of H-pyrrole nitrogens is 1. The van der Waals surface area contributed by atoms with Crippen molar-refractivity contribution in [1.29, 1.82) is 0 Å². The molecule has 1 amide bonds. The number of methoxy groups -OCH3 is 1. The third kappa shape index (κ3) is 4.16. The summed E-state index contributed by atoms with van der Waals surface area (Å²) in [5.74, 6) is 0.971. The van der Waals surface area contributed by atoms with Crippen LogP contribution in [0.1, 0.15) is 29.0 Å². The first-order chi connectivity index (χ1) is 14.0. The quantitative estimate of drug-likeness (QED) is 0.471. The fourth-order valence-corrected chi connectivity index (χ4v) is 4.47. The Hall–Kier alpha value is -2.77. The molecule has 148 valence electrons. The lowest BCUT2D eigenvalue weighted by Crippen LogP contribution is -2.31. The molecule has 1 unspecified atom stereocenters. The summed E-state index contributed by atoms with van der Waals surface area (Å²) in [5.41, 5.74) is 1.98. The van der Waals surface area contributed by atoms with Gasteiger partial charge in [0.05, 0.1) is 12.7 Å². The summed E-state index contributed by atoms with van der Waals surface area (Å²) in [5, 5.41) is 3.83. The molecular formula is C21H18ClN3O3S. The molecule has 0 spiro atoms. The van der Waals surface area contributed by atoms with Crippen LogP contribution in [0.15, 0.2) is 58.5 Å². The minimum Gasteiger partial charge on any atom is -0.497 e. The summed E-state index contributed by atoms with van der Waals surface area (Å²) >= 11 is 7.55. The Balaban J connectivity index is 1.67. The fourth-order valence-electron chi connectivity index (χ4n) is 3.32. The number of amides is 1. The van der Waals surface area contributed by atoms with Crippen LogP contribution < -0.4 is 15.6 Å². The first-order valence-electron chi connectivity index (χ1n) is 8.99. The van der Waals surface area contributed by atoms with Crippen molar-refractivity contribution in [3.8, 4) is 5.75 Å². The van der Waals surface area contributed by atoms with Crippen LogP contribution in [0, 0.1) is 0 Å². The number of aromatic nitrogens is 2. The molecule has 0 saturated heterocycles. The van der Waals surface area contributed by atoms with Gasteiger partial charge in [-0.1, -0.05) is 53.7 Å². The number of nitrogens with one attached hydrogen (secondary N) is 2. The lowest BCUT2D eigenvalue weighted by Gasteiger charge is -2.24. The van der Waals surface area contributed by atoms with E-state index in [0.29, 0.717) is 33.1 Å². The van der Waals surface area contributed by atoms with Crippen LogP contribution in [0.3, 0.4) is 0 Å². The van der Waals surface area contributed by atoms with E-state index < -0.39 is 0 Å². The predicted octanol–water partition coefficient (Wildman–Crippen LogP) is 4.20. The zero-order valence-electron chi connectivity index (χ0n) is 15.6. The maximum Gasteiger partial charge on any atom is 0.257 e. The molecule has 29 heavy (non-hydrogen) atoms. The molecule has 0 saturated carbocycles. The topological polar surface area (TPSA) is 84.1 Å². The molecule has 0 aliphatic carbocycles. The van der Waals surface area contributed by atoms with E-state index in [4.69, 9.17) is 16.3 Å². The molecule has 2 N–H and O–H groups in total. The molecule has 1 aliphatic heterocycles. The van der Waals surface area contributed by atoms with Gasteiger partial charge >= 0.3 is 0 Å². The molecule has 0 bridgehead atoms. The van der Waals surface area contributed by atoms with E-state index in [9.17, 15) is 9.59 Å². The van der Waals surface area contributed by atoms with E-state index >= 15 is 0 Å². The number of nitrogens with zero attached hydrogens (tertiary/aromatic N) is 1. The smallest absolute Gasteiger partial charge is 0.257 e. The summed E-state index contributed by atoms with van der Waals surface area (Å²) in [7, 11) is 1.58. The summed E-state index contributed by atoms with van der Waals surface area (Å²) < 4.78 is 5.28. The summed E-state index contributed by atoms with van der Waals surface area (Å²) in [6.07, 6.45) is 0.178. The molecule has 2 aromatic carbocycles. The number of hydrogen-bond acceptors (Lipinski definition) is 5. The van der Waals surface area contributed by atoms with Crippen LogP contribution in [-0.2, 0) is 10.5 Å². The highest BCUT2D eigenvalue weighted by Crippen LogP contribution is 2.36. The maximum absolute atomic E-state index is 12.9. The number of benzene rings is 2. The standard InChI is InChI=1S/C21H18ClN3O3S/c1-28-14-7-4-6-12(9-14)15-10-17(26)23-19-18(15)20(27)25-21(24-19)29-11-13-5-2-3-8-16(13)22/h2-9,15H,10-11H2,1H3,(H2,23,24,25,26,27). The van der Waals surface area contributed by atoms with Gasteiger partial charge in [0.2, 0.25) is 5.91 Å². The van der Waals surface area contributed by atoms with E-state index in [0.717, 1.165) is 11.1 Å². The third-order valence-corrected chi connectivity index (χ3v) is 6.04. The Kier molecular flexibility index (Phi) is 5.60. The molecule has 4 rings (SSSR count). The van der Waals surface area contributed by atoms with Crippen molar-refractivity contribution in [3.63, 3.8) is 0 Å². The number of anilines is 1. The molecule has 8 heteroatoms. The fraction of sp³-hybridized carbons (Fsp3) is 0.190. The molecule has 6 nitrogen and oxygen atoms in total. The van der Waals surface area contributed by atoms with Gasteiger partial charge in [0.15, 0.2) is 5.16 Å². The van der Waals surface area contributed by atoms with Gasteiger partial charge in [0.1, 0.15) is 11.6 Å². The van der Waals surface area contributed by atoms with Crippen LogP contribution >= 0.6 is 23.4 Å². The van der Waals surface area contributed by atoms with E-state index in [2.05, 4.69) is 15.3 Å². The van der Waals surface area contributed by atoms with Gasteiger partial charge < -0.3 is 15.0 Å². The van der Waals surface area contributed by atoms with Crippen molar-refractivity contribution < 1.29 is 9.53 Å². The number of hydrogen-bond donors (Lipinski definition) is 2. The lowest BCUT2D eigenvalue weighted by molar-refractivity contribution is -0.116. The van der Waals surface area contributed by atoms with Crippen molar-refractivity contribution in [2.75, 3.05) is 12.4 Å². The van der Waals surface area contributed by atoms with Crippen molar-refractivity contribution >= 4 is 35.1 Å². The Labute approximate surface area is 176 Å². The number of carbonyl (C=O) groups is 1. The van der Waals surface area contributed by atoms with E-state index in [1.165, 1.54) is 11.8 Å². The lowest BCUT2D eigenvalue weighted by atomic mass is 9.87. The SMILES string of the molecule is COc1cccc(C2CC(=O)Nc3nc(SCc4ccccc4Cl)[nH]c(=O)c32)c1. The number of halogens is 1. The van der Waals surface area contributed by atoms with E-state index in [-0.39, 0.29) is 23.8 Å². The zero-order valence-corrected chi connectivity index (χ0v) is 17.1. The second kappa shape index (κ2) is 8.31. The third-order valence-electron chi connectivity index (χ3n) is 4.75. The van der Waals surface area contributed by atoms with Gasteiger partial charge in [-0.25, -0.2) is 4.98 Å². The molecule has 0 fully saturated rings. The first kappa shape index (κ1) is 19.5. The van der Waals surface area contributed by atoms with E-state index in [1.807, 2.05) is 48.5 Å². The van der Waals surface area contributed by atoms with Gasteiger partial charge in [-0.3, -0.25) is 9.59 Å². The Morgan fingerprint density at radius 3 is 2.83 bits per heavy atom. The highest BCUT2D eigenvalue weighted by Gasteiger charge is 2.31. The van der Waals surface area contributed by atoms with Crippen LogP contribution in [-0.4, -0.2) is 23.0 Å². The van der Waals surface area contributed by atoms with Gasteiger partial charge in [-0.15, -0.1) is 0 Å². The van der Waals surface area contributed by atoms with Crippen LogP contribution in [0.2, 0.25) is 5.02 Å². The maximum atomic E-state index is 12.9. The van der Waals surface area contributed by atoms with Crippen molar-refractivity contribution in [2.24, 2.45) is 0 Å². The van der Waals surface area contributed by atoms with Gasteiger partial charge in [0.25, 0.3) is 5.56 Å². The van der Waals surface area contributed by atoms with Crippen molar-refractivity contribution in [1.82, 2.24) is 9.97 Å². The Morgan fingerprint density at radius 2 is 2.03 bits per heavy atom. The molecule has 3 aromatic rings. The van der Waals surface area contributed by atoms with Gasteiger partial charge in [-0.05, 0) is 29.3 Å². The number of ether oxygens (including phenoxy) is 1. The average Bonchev–Trinajstić information content (AvgIpc) is 2.72. The molecule has 1 aliphatic rings. The van der Waals surface area contributed by atoms with Crippen molar-refractivity contribution in [2.45, 2.75) is 23.2 Å². The largest absolute Gasteiger partial charge is 0.497 e. The molecular weight excluding hydrogens is 410 g/mol. The van der Waals surface area contributed by atoms with Crippen LogP contribution in [0.25, 0.3) is 0 Å². The highest BCUT2D eigenvalue weighted by molar-refractivity contribution is 7.98. The molecule has 1 atom stereocenters. The number of carbonyl (C=O) groups excluding carboxylic acids is 1. The average molecular weight is 428 g/mol. The number of aromatic amines is 1. The van der Waals surface area contributed by atoms with Crippen LogP contribution in [0.4, 0.5) is 5.82 Å². The molecule has 0 radical (unpaired) electrons. The second-order valence-electron chi connectivity index (χ2n) is 6.59. The molecule has 2 heterocycles. The summed E-state index contributed by atoms with van der Waals surface area (Å²) in [6, 6.07) is 14.9. The first-order valence-corrected chi connectivity index (χ1v) is 10.4. The van der Waals surface area contributed by atoms with Crippen molar-refractivity contribution in [3.05, 3.63) is 80.6 Å². The summed E-state index contributed by atoms with van der Waals surface area (Å²) in [6.45, 7) is 0. The zero-order chi connectivity index (χ0) is 20.4. The monoisotopic (exact) mass is 427 g/mol. The number of thioether (sulfide) groups is 1. The minimum atomic E-state index is -0.382. The van der Waals surface area contributed by atoms with Gasteiger partial charge in [-0.2, -0.15) is 0 Å². The van der Waals surface area contributed by atoms with Gasteiger partial charge in [0, 0.05) is 23.1 Å². The molecule has 1 aromatic heterocycles. The van der Waals surface area contributed by atoms with E-state index in [1.54, 1.807) is 7.11 Å². The Morgan fingerprint density at radius 1 is 1.21 bits per heavy atom. The minimum absolute atomic E-state index is 0.175. The Bertz CT molecular complexity index is 1130. The number of rotatable bonds is 5. The number of fused-ring (bicyclic) bond motifs is 1. The second-order valence-corrected chi connectivity index (χ2v) is 7.97. The van der Waals surface area contributed by atoms with Crippen LogP contribution in [0.5, 0.6) is 5.75 Å². The summed E-state index contributed by atoms with van der Waals surface area (Å²) in [4.78, 5) is 32.5. The highest BCUT2D eigenvalue weighted by atomic mass is 35.5. The predicted molar refractivity (Wildman–Crippen MR) is 114 cm³/mol.